The molecule has 1 aliphatic heterocycles. The summed E-state index contributed by atoms with van der Waals surface area (Å²) in [6.07, 6.45) is 6.29. The lowest BCUT2D eigenvalue weighted by Crippen LogP contribution is -2.35. The van der Waals surface area contributed by atoms with E-state index in [2.05, 4.69) is 10.6 Å². The second kappa shape index (κ2) is 6.34. The molecule has 1 unspecified atom stereocenters. The molecule has 4 heteroatoms. The van der Waals surface area contributed by atoms with Crippen molar-refractivity contribution in [3.05, 3.63) is 59.7 Å². The van der Waals surface area contributed by atoms with Gasteiger partial charge in [0.2, 0.25) is 0 Å². The molecular weight excluding hydrogens is 279 g/mol. The monoisotopic (exact) mass is 300 g/mol. The SMILES string of the molecule is Cn1cccc1C1CCCCCN1C(=O)c1ccc(F)cc1. The lowest BCUT2D eigenvalue weighted by molar-refractivity contribution is 0.0674. The van der Waals surface area contributed by atoms with E-state index in [-0.39, 0.29) is 17.8 Å². The summed E-state index contributed by atoms with van der Waals surface area (Å²) < 4.78 is 15.2. The fourth-order valence-electron chi connectivity index (χ4n) is 3.24. The summed E-state index contributed by atoms with van der Waals surface area (Å²) in [7, 11) is 2.01. The Morgan fingerprint density at radius 2 is 1.91 bits per heavy atom. The Kier molecular flexibility index (Phi) is 4.27. The first kappa shape index (κ1) is 14.8. The number of aryl methyl sites for hydroxylation is 1. The van der Waals surface area contributed by atoms with E-state index in [4.69, 9.17) is 0 Å². The second-order valence-electron chi connectivity index (χ2n) is 5.91. The highest BCUT2D eigenvalue weighted by Crippen LogP contribution is 2.31. The van der Waals surface area contributed by atoms with Crippen LogP contribution < -0.4 is 0 Å². The van der Waals surface area contributed by atoms with Gasteiger partial charge in [0.05, 0.1) is 6.04 Å². The zero-order chi connectivity index (χ0) is 15.5. The molecule has 2 heterocycles. The maximum Gasteiger partial charge on any atom is 0.254 e. The third kappa shape index (κ3) is 2.91. The van der Waals surface area contributed by atoms with Gasteiger partial charge in [-0.15, -0.1) is 0 Å². The van der Waals surface area contributed by atoms with Crippen LogP contribution in [0.3, 0.4) is 0 Å². The molecule has 116 valence electrons. The molecule has 1 aromatic carbocycles. The van der Waals surface area contributed by atoms with Gasteiger partial charge >= 0.3 is 0 Å². The van der Waals surface area contributed by atoms with Gasteiger partial charge in [-0.05, 0) is 49.2 Å². The molecule has 1 aromatic heterocycles. The Bertz CT molecular complexity index is 647. The summed E-state index contributed by atoms with van der Waals surface area (Å²) in [5, 5.41) is 0. The van der Waals surface area contributed by atoms with Gasteiger partial charge in [-0.3, -0.25) is 4.79 Å². The van der Waals surface area contributed by atoms with Crippen LogP contribution in [0, 0.1) is 5.82 Å². The van der Waals surface area contributed by atoms with E-state index >= 15 is 0 Å². The van der Waals surface area contributed by atoms with Crippen LogP contribution in [0.15, 0.2) is 42.6 Å². The lowest BCUT2D eigenvalue weighted by Gasteiger charge is -2.30. The molecule has 1 saturated heterocycles. The normalized spacial score (nSPS) is 19.0. The van der Waals surface area contributed by atoms with Crippen LogP contribution in [0.5, 0.6) is 0 Å². The molecule has 3 rings (SSSR count). The molecule has 0 bridgehead atoms. The molecule has 2 aromatic rings. The van der Waals surface area contributed by atoms with Crippen molar-refractivity contribution in [1.29, 1.82) is 0 Å². The van der Waals surface area contributed by atoms with Crippen molar-refractivity contribution < 1.29 is 9.18 Å². The first-order valence-corrected chi connectivity index (χ1v) is 7.84. The third-order valence-corrected chi connectivity index (χ3v) is 4.43. The van der Waals surface area contributed by atoms with E-state index in [1.54, 1.807) is 12.1 Å². The Balaban J connectivity index is 1.92. The standard InChI is InChI=1S/C18H21FN2O/c1-20-12-5-7-16(20)17-6-3-2-4-13-21(17)18(22)14-8-10-15(19)11-9-14/h5,7-12,17H,2-4,6,13H2,1H3. The highest BCUT2D eigenvalue weighted by molar-refractivity contribution is 5.94. The van der Waals surface area contributed by atoms with Gasteiger partial charge in [0.25, 0.3) is 5.91 Å². The number of carbonyl (C=O) groups excluding carboxylic acids is 1. The fourth-order valence-corrected chi connectivity index (χ4v) is 3.24. The fraction of sp³-hybridized carbons (Fsp3) is 0.389. The van der Waals surface area contributed by atoms with Gasteiger partial charge in [-0.25, -0.2) is 4.39 Å². The molecule has 0 radical (unpaired) electrons. The Morgan fingerprint density at radius 1 is 1.14 bits per heavy atom. The van der Waals surface area contributed by atoms with Gasteiger partial charge in [0.1, 0.15) is 5.82 Å². The topological polar surface area (TPSA) is 25.2 Å². The molecule has 1 aliphatic rings. The summed E-state index contributed by atoms with van der Waals surface area (Å²) >= 11 is 0. The van der Waals surface area contributed by atoms with Gasteiger partial charge in [0.15, 0.2) is 0 Å². The summed E-state index contributed by atoms with van der Waals surface area (Å²) in [4.78, 5) is 14.8. The highest BCUT2D eigenvalue weighted by atomic mass is 19.1. The minimum atomic E-state index is -0.314. The number of amides is 1. The molecule has 22 heavy (non-hydrogen) atoms. The average Bonchev–Trinajstić information content (AvgIpc) is 2.80. The Morgan fingerprint density at radius 3 is 2.59 bits per heavy atom. The van der Waals surface area contributed by atoms with Crippen molar-refractivity contribution in [3.63, 3.8) is 0 Å². The number of hydrogen-bond acceptors (Lipinski definition) is 1. The van der Waals surface area contributed by atoms with Crippen molar-refractivity contribution in [3.8, 4) is 0 Å². The Hall–Kier alpha value is -2.10. The maximum atomic E-state index is 13.1. The predicted octanol–water partition coefficient (Wildman–Crippen LogP) is 3.92. The predicted molar refractivity (Wildman–Crippen MR) is 84.1 cm³/mol. The van der Waals surface area contributed by atoms with Crippen LogP contribution >= 0.6 is 0 Å². The van der Waals surface area contributed by atoms with Crippen molar-refractivity contribution >= 4 is 5.91 Å². The van der Waals surface area contributed by atoms with Crippen LogP contribution in [-0.4, -0.2) is 21.9 Å². The zero-order valence-electron chi connectivity index (χ0n) is 12.8. The third-order valence-electron chi connectivity index (χ3n) is 4.43. The van der Waals surface area contributed by atoms with Crippen LogP contribution in [0.25, 0.3) is 0 Å². The number of aromatic nitrogens is 1. The number of halogens is 1. The van der Waals surface area contributed by atoms with Crippen molar-refractivity contribution in [1.82, 2.24) is 9.47 Å². The van der Waals surface area contributed by atoms with Crippen molar-refractivity contribution in [2.24, 2.45) is 7.05 Å². The smallest absolute Gasteiger partial charge is 0.254 e. The molecule has 3 nitrogen and oxygen atoms in total. The summed E-state index contributed by atoms with van der Waals surface area (Å²) in [5.74, 6) is -0.320. The molecule has 0 saturated carbocycles. The molecule has 0 N–H and O–H groups in total. The van der Waals surface area contributed by atoms with Gasteiger partial charge in [0, 0.05) is 31.0 Å². The van der Waals surface area contributed by atoms with Crippen LogP contribution in [-0.2, 0) is 7.05 Å². The number of carbonyl (C=O) groups is 1. The van der Waals surface area contributed by atoms with Crippen molar-refractivity contribution in [2.45, 2.75) is 31.7 Å². The highest BCUT2D eigenvalue weighted by Gasteiger charge is 2.28. The van der Waals surface area contributed by atoms with Crippen LogP contribution in [0.1, 0.15) is 47.8 Å². The molecule has 1 amide bonds. The summed E-state index contributed by atoms with van der Waals surface area (Å²) in [6, 6.07) is 10.0. The molecule has 1 atom stereocenters. The van der Waals surface area contributed by atoms with Gasteiger partial charge in [-0.1, -0.05) is 12.8 Å². The van der Waals surface area contributed by atoms with Gasteiger partial charge < -0.3 is 9.47 Å². The van der Waals surface area contributed by atoms with E-state index in [9.17, 15) is 9.18 Å². The van der Waals surface area contributed by atoms with E-state index in [1.165, 1.54) is 12.1 Å². The van der Waals surface area contributed by atoms with E-state index < -0.39 is 0 Å². The maximum absolute atomic E-state index is 13.1. The quantitative estimate of drug-likeness (QED) is 0.825. The van der Waals surface area contributed by atoms with Crippen molar-refractivity contribution in [2.75, 3.05) is 6.54 Å². The second-order valence-corrected chi connectivity index (χ2v) is 5.91. The van der Waals surface area contributed by atoms with Crippen LogP contribution in [0.2, 0.25) is 0 Å². The largest absolute Gasteiger partial charge is 0.353 e. The number of hydrogen-bond donors (Lipinski definition) is 0. The first-order valence-electron chi connectivity index (χ1n) is 7.84. The number of nitrogens with zero attached hydrogens (tertiary/aromatic N) is 2. The Labute approximate surface area is 130 Å². The number of likely N-dealkylation sites (tertiary alicyclic amines) is 1. The number of rotatable bonds is 2. The summed E-state index contributed by atoms with van der Waals surface area (Å²) in [5.41, 5.74) is 1.72. The first-order chi connectivity index (χ1) is 10.7. The molecule has 0 spiro atoms. The van der Waals surface area contributed by atoms with E-state index in [1.807, 2.05) is 24.2 Å². The average molecular weight is 300 g/mol. The lowest BCUT2D eigenvalue weighted by atomic mass is 10.1. The molecular formula is C18H21FN2O. The zero-order valence-corrected chi connectivity index (χ0v) is 12.8. The minimum absolute atomic E-state index is 0.00639. The summed E-state index contributed by atoms with van der Waals surface area (Å²) in [6.45, 7) is 0.756. The van der Waals surface area contributed by atoms with Gasteiger partial charge in [-0.2, -0.15) is 0 Å². The van der Waals surface area contributed by atoms with E-state index in [0.29, 0.717) is 5.56 Å². The molecule has 1 fully saturated rings. The number of benzene rings is 1. The van der Waals surface area contributed by atoms with E-state index in [0.717, 1.165) is 37.9 Å². The van der Waals surface area contributed by atoms with Crippen LogP contribution in [0.4, 0.5) is 4.39 Å². The molecule has 0 aliphatic carbocycles. The minimum Gasteiger partial charge on any atom is -0.353 e.